The molecule has 1 atom stereocenters. The molecule has 0 aliphatic heterocycles. The van der Waals surface area contributed by atoms with E-state index in [0.29, 0.717) is 17.1 Å². The van der Waals surface area contributed by atoms with E-state index in [-0.39, 0.29) is 5.56 Å². The highest BCUT2D eigenvalue weighted by molar-refractivity contribution is 5.99. The normalized spacial score (nSPS) is 11.2. The molecule has 0 unspecified atom stereocenters. The number of benzene rings is 2. The molecule has 3 amide bonds. The molecule has 0 fully saturated rings. The topological polar surface area (TPSA) is 120 Å². The van der Waals surface area contributed by atoms with Gasteiger partial charge in [-0.1, -0.05) is 12.1 Å². The number of primary amides is 1. The van der Waals surface area contributed by atoms with Gasteiger partial charge >= 0.3 is 12.0 Å². The van der Waals surface area contributed by atoms with Gasteiger partial charge in [-0.2, -0.15) is 0 Å². The lowest BCUT2D eigenvalue weighted by Gasteiger charge is -2.16. The smallest absolute Gasteiger partial charge is 0.338 e. The van der Waals surface area contributed by atoms with Crippen molar-refractivity contribution in [3.05, 3.63) is 53.6 Å². The van der Waals surface area contributed by atoms with Crippen molar-refractivity contribution in [1.29, 1.82) is 0 Å². The number of anilines is 2. The van der Waals surface area contributed by atoms with Crippen molar-refractivity contribution >= 4 is 29.3 Å². The minimum absolute atomic E-state index is 0.175. The van der Waals surface area contributed by atoms with Gasteiger partial charge in [0.15, 0.2) is 6.10 Å². The van der Waals surface area contributed by atoms with Gasteiger partial charge in [0.2, 0.25) is 0 Å². The van der Waals surface area contributed by atoms with E-state index in [2.05, 4.69) is 10.6 Å². The summed E-state index contributed by atoms with van der Waals surface area (Å²) in [6, 6.07) is 10.6. The van der Waals surface area contributed by atoms with Gasteiger partial charge < -0.3 is 25.8 Å². The Bertz CT molecular complexity index is 866. The van der Waals surface area contributed by atoms with Crippen molar-refractivity contribution < 1.29 is 23.9 Å². The molecule has 0 heterocycles. The Morgan fingerprint density at radius 1 is 1.07 bits per heavy atom. The highest BCUT2D eigenvalue weighted by Crippen LogP contribution is 2.25. The Morgan fingerprint density at radius 2 is 1.81 bits per heavy atom. The summed E-state index contributed by atoms with van der Waals surface area (Å²) in [7, 11) is 1.50. The number of aryl methyl sites for hydroxylation is 1. The van der Waals surface area contributed by atoms with Crippen LogP contribution >= 0.6 is 0 Å². The predicted octanol–water partition coefficient (Wildman–Crippen LogP) is 2.68. The fourth-order valence-electron chi connectivity index (χ4n) is 2.30. The molecule has 0 aliphatic carbocycles. The first-order valence-corrected chi connectivity index (χ1v) is 8.13. The first-order valence-electron chi connectivity index (χ1n) is 8.13. The number of carbonyl (C=O) groups excluding carboxylic acids is 3. The first kappa shape index (κ1) is 19.8. The quantitative estimate of drug-likeness (QED) is 0.674. The lowest BCUT2D eigenvalue weighted by atomic mass is 10.2. The molecule has 0 saturated heterocycles. The number of rotatable bonds is 6. The molecule has 0 aromatic heterocycles. The second-order valence-corrected chi connectivity index (χ2v) is 5.81. The van der Waals surface area contributed by atoms with Crippen LogP contribution < -0.4 is 21.1 Å². The van der Waals surface area contributed by atoms with Gasteiger partial charge in [0.25, 0.3) is 5.91 Å². The highest BCUT2D eigenvalue weighted by atomic mass is 16.5. The van der Waals surface area contributed by atoms with Crippen LogP contribution in [0.4, 0.5) is 16.2 Å². The number of ether oxygens (including phenoxy) is 2. The molecule has 0 saturated carbocycles. The molecule has 2 rings (SSSR count). The highest BCUT2D eigenvalue weighted by Gasteiger charge is 2.20. The second kappa shape index (κ2) is 8.70. The Balaban J connectivity index is 2.05. The third kappa shape index (κ3) is 5.46. The van der Waals surface area contributed by atoms with E-state index in [9.17, 15) is 14.4 Å². The number of nitrogens with one attached hydrogen (secondary N) is 2. The molecule has 2 aromatic rings. The average Bonchev–Trinajstić information content (AvgIpc) is 2.61. The van der Waals surface area contributed by atoms with Crippen LogP contribution in [0.1, 0.15) is 22.8 Å². The van der Waals surface area contributed by atoms with Gasteiger partial charge in [-0.15, -0.1) is 0 Å². The van der Waals surface area contributed by atoms with Crippen LogP contribution in [0.5, 0.6) is 5.75 Å². The van der Waals surface area contributed by atoms with Crippen LogP contribution in [0.2, 0.25) is 0 Å². The molecule has 0 spiro atoms. The maximum absolute atomic E-state index is 12.4. The average molecular weight is 371 g/mol. The maximum atomic E-state index is 12.4. The lowest BCUT2D eigenvalue weighted by Crippen LogP contribution is -2.30. The van der Waals surface area contributed by atoms with E-state index >= 15 is 0 Å². The molecule has 27 heavy (non-hydrogen) atoms. The van der Waals surface area contributed by atoms with E-state index in [0.717, 1.165) is 5.56 Å². The van der Waals surface area contributed by atoms with E-state index in [4.69, 9.17) is 15.2 Å². The Labute approximate surface area is 156 Å². The van der Waals surface area contributed by atoms with Crippen molar-refractivity contribution in [2.45, 2.75) is 20.0 Å². The zero-order chi connectivity index (χ0) is 20.0. The van der Waals surface area contributed by atoms with Crippen molar-refractivity contribution in [2.24, 2.45) is 5.73 Å². The van der Waals surface area contributed by atoms with Crippen LogP contribution in [-0.4, -0.2) is 31.1 Å². The number of urea groups is 1. The number of amides is 3. The molecule has 8 heteroatoms. The van der Waals surface area contributed by atoms with Crippen LogP contribution in [0.25, 0.3) is 0 Å². The summed E-state index contributed by atoms with van der Waals surface area (Å²) < 4.78 is 10.4. The summed E-state index contributed by atoms with van der Waals surface area (Å²) in [6.07, 6.45) is -1.05. The van der Waals surface area contributed by atoms with Crippen molar-refractivity contribution in [3.8, 4) is 5.75 Å². The minimum Gasteiger partial charge on any atom is -0.495 e. The van der Waals surface area contributed by atoms with Gasteiger partial charge in [-0.3, -0.25) is 4.79 Å². The van der Waals surface area contributed by atoms with Gasteiger partial charge in [0.1, 0.15) is 5.75 Å². The number of esters is 1. The summed E-state index contributed by atoms with van der Waals surface area (Å²) in [5, 5.41) is 5.05. The van der Waals surface area contributed by atoms with Gasteiger partial charge in [0.05, 0.1) is 18.4 Å². The van der Waals surface area contributed by atoms with Crippen molar-refractivity contribution in [1.82, 2.24) is 0 Å². The zero-order valence-corrected chi connectivity index (χ0v) is 15.2. The minimum atomic E-state index is -1.05. The number of hydrogen-bond acceptors (Lipinski definition) is 5. The molecular weight excluding hydrogens is 350 g/mol. The summed E-state index contributed by atoms with van der Waals surface area (Å²) >= 11 is 0. The van der Waals surface area contributed by atoms with E-state index in [1.165, 1.54) is 26.2 Å². The monoisotopic (exact) mass is 371 g/mol. The summed E-state index contributed by atoms with van der Waals surface area (Å²) in [6.45, 7) is 3.34. The predicted molar refractivity (Wildman–Crippen MR) is 101 cm³/mol. The first-order chi connectivity index (χ1) is 12.8. The van der Waals surface area contributed by atoms with Gasteiger partial charge in [-0.25, -0.2) is 9.59 Å². The van der Waals surface area contributed by atoms with Gasteiger partial charge in [0, 0.05) is 5.69 Å². The standard InChI is InChI=1S/C19H21N3O5/c1-11-7-8-16(26-3)15(9-11)22-17(23)12(2)27-18(24)13-5-4-6-14(10-13)21-19(20)25/h4-10,12H,1-3H3,(H,22,23)(H3,20,21,25)/t12-/m1/s1. The summed E-state index contributed by atoms with van der Waals surface area (Å²) in [4.78, 5) is 35.5. The third-order valence-corrected chi connectivity index (χ3v) is 3.63. The summed E-state index contributed by atoms with van der Waals surface area (Å²) in [5.74, 6) is -0.710. The zero-order valence-electron chi connectivity index (χ0n) is 15.2. The molecule has 0 aliphatic rings. The Kier molecular flexibility index (Phi) is 6.37. The molecule has 8 nitrogen and oxygen atoms in total. The number of carbonyl (C=O) groups is 3. The molecule has 4 N–H and O–H groups in total. The SMILES string of the molecule is COc1ccc(C)cc1NC(=O)[C@@H](C)OC(=O)c1cccc(NC(N)=O)c1. The number of hydrogen-bond donors (Lipinski definition) is 3. The van der Waals surface area contributed by atoms with Crippen molar-refractivity contribution in [2.75, 3.05) is 17.7 Å². The van der Waals surface area contributed by atoms with Crippen molar-refractivity contribution in [3.63, 3.8) is 0 Å². The Hall–Kier alpha value is -3.55. The third-order valence-electron chi connectivity index (χ3n) is 3.63. The maximum Gasteiger partial charge on any atom is 0.338 e. The second-order valence-electron chi connectivity index (χ2n) is 5.81. The number of methoxy groups -OCH3 is 1. The van der Waals surface area contributed by atoms with Crippen LogP contribution in [0, 0.1) is 6.92 Å². The van der Waals surface area contributed by atoms with E-state index < -0.39 is 24.0 Å². The lowest BCUT2D eigenvalue weighted by molar-refractivity contribution is -0.123. The van der Waals surface area contributed by atoms with Crippen LogP contribution in [0.3, 0.4) is 0 Å². The fourth-order valence-corrected chi connectivity index (χ4v) is 2.30. The number of nitrogens with two attached hydrogens (primary N) is 1. The molecule has 0 bridgehead atoms. The van der Waals surface area contributed by atoms with E-state index in [1.54, 1.807) is 24.3 Å². The van der Waals surface area contributed by atoms with Crippen LogP contribution in [-0.2, 0) is 9.53 Å². The molecule has 2 aromatic carbocycles. The van der Waals surface area contributed by atoms with E-state index in [1.807, 2.05) is 13.0 Å². The Morgan fingerprint density at radius 3 is 2.48 bits per heavy atom. The largest absolute Gasteiger partial charge is 0.495 e. The molecular formula is C19H21N3O5. The molecule has 142 valence electrons. The summed E-state index contributed by atoms with van der Waals surface area (Å²) in [5.41, 5.74) is 6.99. The fraction of sp³-hybridized carbons (Fsp3) is 0.211. The van der Waals surface area contributed by atoms with Crippen LogP contribution in [0.15, 0.2) is 42.5 Å². The van der Waals surface area contributed by atoms with Gasteiger partial charge in [-0.05, 0) is 49.7 Å². The molecule has 0 radical (unpaired) electrons.